The molecule has 0 aliphatic heterocycles. The number of guanidine groups is 1. The summed E-state index contributed by atoms with van der Waals surface area (Å²) in [6.45, 7) is 2.06. The number of hydrogen-bond donors (Lipinski definition) is 2. The first-order valence-electron chi connectivity index (χ1n) is 7.68. The molecule has 0 radical (unpaired) electrons. The Hall–Kier alpha value is -1.35. The van der Waals surface area contributed by atoms with E-state index < -0.39 is 0 Å². The minimum atomic E-state index is -0.256. The average Bonchev–Trinajstić information content (AvgIpc) is 3.06. The van der Waals surface area contributed by atoms with Gasteiger partial charge in [-0.2, -0.15) is 0 Å². The number of thiophene rings is 1. The molecule has 0 spiro atoms. The minimum Gasteiger partial charge on any atom is -0.494 e. The predicted octanol–water partition coefficient (Wildman–Crippen LogP) is 3.81. The number of rotatable bonds is 9. The fourth-order valence-corrected chi connectivity index (χ4v) is 2.67. The van der Waals surface area contributed by atoms with E-state index in [-0.39, 0.29) is 29.8 Å². The van der Waals surface area contributed by atoms with Gasteiger partial charge < -0.3 is 15.8 Å². The maximum absolute atomic E-state index is 12.7. The highest BCUT2D eigenvalue weighted by atomic mass is 127. The lowest BCUT2D eigenvalue weighted by molar-refractivity contribution is 0.307. The molecule has 0 saturated carbocycles. The van der Waals surface area contributed by atoms with E-state index in [1.54, 1.807) is 23.5 Å². The molecule has 0 fully saturated rings. The molecule has 1 aromatic heterocycles. The van der Waals surface area contributed by atoms with Crippen molar-refractivity contribution in [2.75, 3.05) is 19.7 Å². The van der Waals surface area contributed by atoms with Gasteiger partial charge in [-0.25, -0.2) is 4.39 Å². The summed E-state index contributed by atoms with van der Waals surface area (Å²) in [6.07, 6.45) is 2.73. The topological polar surface area (TPSA) is 59.6 Å². The molecule has 0 saturated heterocycles. The van der Waals surface area contributed by atoms with E-state index in [9.17, 15) is 4.39 Å². The fraction of sp³-hybridized carbons (Fsp3) is 0.353. The van der Waals surface area contributed by atoms with Crippen LogP contribution in [0.2, 0.25) is 0 Å². The van der Waals surface area contributed by atoms with Crippen LogP contribution in [0.15, 0.2) is 46.8 Å². The number of nitrogens with zero attached hydrogens (tertiary/aromatic N) is 1. The van der Waals surface area contributed by atoms with Crippen LogP contribution in [0.4, 0.5) is 4.39 Å². The maximum Gasteiger partial charge on any atom is 0.188 e. The van der Waals surface area contributed by atoms with Crippen molar-refractivity contribution in [1.29, 1.82) is 0 Å². The van der Waals surface area contributed by atoms with Gasteiger partial charge in [0.15, 0.2) is 5.96 Å². The summed E-state index contributed by atoms with van der Waals surface area (Å²) in [5.41, 5.74) is 5.81. The lowest BCUT2D eigenvalue weighted by Crippen LogP contribution is -2.33. The second kappa shape index (κ2) is 12.1. The quantitative estimate of drug-likeness (QED) is 0.257. The van der Waals surface area contributed by atoms with Crippen LogP contribution < -0.4 is 15.8 Å². The summed E-state index contributed by atoms with van der Waals surface area (Å²) in [5, 5.41) is 5.18. The van der Waals surface area contributed by atoms with Crippen molar-refractivity contribution in [3.8, 4) is 5.75 Å². The third-order valence-electron chi connectivity index (χ3n) is 3.17. The molecule has 2 rings (SSSR count). The van der Waals surface area contributed by atoms with E-state index in [1.807, 2.05) is 6.07 Å². The molecule has 0 atom stereocenters. The standard InChI is InChI=1S/C17H22FN3OS.HI/c18-14-5-7-15(8-6-14)22-12-2-1-10-20-17(19)21-11-9-16-4-3-13-23-16;/h3-8,13H,1-2,9-12H2,(H3,19,20,21);1H. The van der Waals surface area contributed by atoms with Crippen molar-refractivity contribution in [2.24, 2.45) is 10.7 Å². The van der Waals surface area contributed by atoms with Gasteiger partial charge in [-0.3, -0.25) is 4.99 Å². The number of benzene rings is 1. The Morgan fingerprint density at radius 2 is 2.00 bits per heavy atom. The first kappa shape index (κ1) is 20.7. The smallest absolute Gasteiger partial charge is 0.188 e. The summed E-state index contributed by atoms with van der Waals surface area (Å²) in [6, 6.07) is 10.2. The van der Waals surface area contributed by atoms with Crippen LogP contribution in [0.1, 0.15) is 17.7 Å². The van der Waals surface area contributed by atoms with Gasteiger partial charge in [0.2, 0.25) is 0 Å². The monoisotopic (exact) mass is 463 g/mol. The van der Waals surface area contributed by atoms with Crippen LogP contribution >= 0.6 is 35.3 Å². The molecule has 0 amide bonds. The zero-order chi connectivity index (χ0) is 16.3. The van der Waals surface area contributed by atoms with Crippen molar-refractivity contribution in [1.82, 2.24) is 5.32 Å². The summed E-state index contributed by atoms with van der Waals surface area (Å²) in [5.74, 6) is 0.916. The molecule has 132 valence electrons. The van der Waals surface area contributed by atoms with Gasteiger partial charge in [-0.1, -0.05) is 6.07 Å². The first-order chi connectivity index (χ1) is 11.2. The van der Waals surface area contributed by atoms with Gasteiger partial charge >= 0.3 is 0 Å². The minimum absolute atomic E-state index is 0. The highest BCUT2D eigenvalue weighted by molar-refractivity contribution is 14.0. The Morgan fingerprint density at radius 3 is 2.71 bits per heavy atom. The summed E-state index contributed by atoms with van der Waals surface area (Å²) in [4.78, 5) is 5.62. The molecule has 2 aromatic rings. The van der Waals surface area contributed by atoms with Crippen LogP contribution in [0.3, 0.4) is 0 Å². The second-order valence-electron chi connectivity index (χ2n) is 5.03. The third kappa shape index (κ3) is 8.49. The molecular formula is C17H23FIN3OS. The molecule has 24 heavy (non-hydrogen) atoms. The Bertz CT molecular complexity index is 590. The summed E-state index contributed by atoms with van der Waals surface area (Å²) < 4.78 is 18.2. The van der Waals surface area contributed by atoms with Crippen molar-refractivity contribution >= 4 is 41.3 Å². The Balaban J connectivity index is 0.00000288. The van der Waals surface area contributed by atoms with E-state index in [4.69, 9.17) is 10.5 Å². The van der Waals surface area contributed by atoms with Gasteiger partial charge in [0.25, 0.3) is 0 Å². The number of hydrogen-bond acceptors (Lipinski definition) is 3. The van der Waals surface area contributed by atoms with E-state index in [1.165, 1.54) is 17.0 Å². The number of nitrogens with two attached hydrogens (primary N) is 1. The number of aliphatic imine (C=N–C) groups is 1. The van der Waals surface area contributed by atoms with Gasteiger partial charge in [0.1, 0.15) is 11.6 Å². The SMILES string of the molecule is I.NC(=NCCCCOc1ccc(F)cc1)NCCc1cccs1. The van der Waals surface area contributed by atoms with Crippen LogP contribution in [-0.2, 0) is 6.42 Å². The summed E-state index contributed by atoms with van der Waals surface area (Å²) in [7, 11) is 0. The van der Waals surface area contributed by atoms with Crippen molar-refractivity contribution < 1.29 is 9.13 Å². The lowest BCUT2D eigenvalue weighted by atomic mass is 10.3. The van der Waals surface area contributed by atoms with Crippen LogP contribution in [0.25, 0.3) is 0 Å². The predicted molar refractivity (Wildman–Crippen MR) is 109 cm³/mol. The molecule has 1 heterocycles. The van der Waals surface area contributed by atoms with E-state index in [0.717, 1.165) is 25.8 Å². The first-order valence-corrected chi connectivity index (χ1v) is 8.56. The summed E-state index contributed by atoms with van der Waals surface area (Å²) >= 11 is 1.75. The van der Waals surface area contributed by atoms with E-state index in [2.05, 4.69) is 21.8 Å². The largest absolute Gasteiger partial charge is 0.494 e. The molecule has 0 bridgehead atoms. The molecule has 0 aliphatic rings. The lowest BCUT2D eigenvalue weighted by Gasteiger charge is -2.06. The third-order valence-corrected chi connectivity index (χ3v) is 4.11. The number of unbranched alkanes of at least 4 members (excludes halogenated alkanes) is 1. The van der Waals surface area contributed by atoms with Gasteiger partial charge in [0.05, 0.1) is 6.61 Å². The van der Waals surface area contributed by atoms with Gasteiger partial charge in [-0.15, -0.1) is 35.3 Å². The zero-order valence-electron chi connectivity index (χ0n) is 13.4. The van der Waals surface area contributed by atoms with E-state index in [0.29, 0.717) is 24.9 Å². The highest BCUT2D eigenvalue weighted by Crippen LogP contribution is 2.11. The number of halogens is 2. The van der Waals surface area contributed by atoms with Gasteiger partial charge in [0, 0.05) is 18.0 Å². The van der Waals surface area contributed by atoms with Crippen LogP contribution in [0.5, 0.6) is 5.75 Å². The Kier molecular flexibility index (Phi) is 10.4. The molecule has 0 unspecified atom stereocenters. The zero-order valence-corrected chi connectivity index (χ0v) is 16.6. The van der Waals surface area contributed by atoms with Crippen molar-refractivity contribution in [3.63, 3.8) is 0 Å². The van der Waals surface area contributed by atoms with Crippen molar-refractivity contribution in [2.45, 2.75) is 19.3 Å². The van der Waals surface area contributed by atoms with Gasteiger partial charge in [-0.05, 0) is 55.0 Å². The normalized spacial score (nSPS) is 11.0. The fourth-order valence-electron chi connectivity index (χ4n) is 1.96. The van der Waals surface area contributed by atoms with Crippen LogP contribution in [0, 0.1) is 5.82 Å². The molecular weight excluding hydrogens is 440 g/mol. The second-order valence-corrected chi connectivity index (χ2v) is 6.06. The molecule has 4 nitrogen and oxygen atoms in total. The highest BCUT2D eigenvalue weighted by Gasteiger charge is 1.96. The molecule has 7 heteroatoms. The van der Waals surface area contributed by atoms with E-state index >= 15 is 0 Å². The van der Waals surface area contributed by atoms with Crippen LogP contribution in [-0.4, -0.2) is 25.7 Å². The molecule has 0 aliphatic carbocycles. The molecule has 1 aromatic carbocycles. The molecule has 3 N–H and O–H groups in total. The Labute approximate surface area is 163 Å². The van der Waals surface area contributed by atoms with Crippen molar-refractivity contribution in [3.05, 3.63) is 52.5 Å². The maximum atomic E-state index is 12.7. The average molecular weight is 463 g/mol. The number of ether oxygens (including phenoxy) is 1. The number of nitrogens with one attached hydrogen (secondary N) is 1. The Morgan fingerprint density at radius 1 is 1.21 bits per heavy atom.